The van der Waals surface area contributed by atoms with Gasteiger partial charge in [-0.1, -0.05) is 12.2 Å². The zero-order valence-electron chi connectivity index (χ0n) is 4.96. The molecule has 0 saturated carbocycles. The van der Waals surface area contributed by atoms with Crippen LogP contribution < -0.4 is 0 Å². The molecule has 1 saturated heterocycles. The molecule has 0 radical (unpaired) electrons. The van der Waals surface area contributed by atoms with Gasteiger partial charge >= 0.3 is 0 Å². The van der Waals surface area contributed by atoms with Gasteiger partial charge in [0.1, 0.15) is 0 Å². The van der Waals surface area contributed by atoms with Crippen molar-refractivity contribution in [3.63, 3.8) is 0 Å². The second-order valence-corrected chi connectivity index (χ2v) is 2.45. The zero-order valence-corrected chi connectivity index (χ0v) is 5.78. The van der Waals surface area contributed by atoms with Gasteiger partial charge in [-0.05, 0) is 12.8 Å². The van der Waals surface area contributed by atoms with Crippen LogP contribution in [0.4, 0.5) is 0 Å². The zero-order chi connectivity index (χ0) is 6.69. The standard InChI is InChI=1S/C5H8N2OS/c6-7-5-4(9)2-1-3-8-5/h5-6H,1-3H2. The molecule has 0 aliphatic carbocycles. The number of hydrogen-bond donors (Lipinski definition) is 1. The van der Waals surface area contributed by atoms with E-state index in [0.29, 0.717) is 6.61 Å². The molecular formula is C5H8N2OS. The highest BCUT2D eigenvalue weighted by atomic mass is 32.1. The molecule has 1 aliphatic heterocycles. The quantitative estimate of drug-likeness (QED) is 0.448. The van der Waals surface area contributed by atoms with E-state index in [1.54, 1.807) is 0 Å². The normalized spacial score (nSPS) is 28.0. The van der Waals surface area contributed by atoms with Crippen LogP contribution in [0.15, 0.2) is 5.11 Å². The van der Waals surface area contributed by atoms with Crippen LogP contribution in [-0.4, -0.2) is 17.7 Å². The average molecular weight is 144 g/mol. The SMILES string of the molecule is N=NC1OCCCC1=S. The number of nitrogens with zero attached hydrogens (tertiary/aromatic N) is 1. The highest BCUT2D eigenvalue weighted by Crippen LogP contribution is 2.10. The molecular weight excluding hydrogens is 136 g/mol. The Hall–Kier alpha value is -0.350. The third-order valence-electron chi connectivity index (χ3n) is 1.24. The Balaban J connectivity index is 2.48. The number of rotatable bonds is 1. The molecule has 1 aliphatic rings. The monoisotopic (exact) mass is 144 g/mol. The maximum absolute atomic E-state index is 6.64. The summed E-state index contributed by atoms with van der Waals surface area (Å²) in [5, 5.41) is 3.22. The van der Waals surface area contributed by atoms with Crippen molar-refractivity contribution in [1.82, 2.24) is 0 Å². The lowest BCUT2D eigenvalue weighted by atomic mass is 10.2. The van der Waals surface area contributed by atoms with Crippen molar-refractivity contribution in [2.24, 2.45) is 5.11 Å². The summed E-state index contributed by atoms with van der Waals surface area (Å²) in [4.78, 5) is 0.760. The molecule has 0 aromatic carbocycles. The van der Waals surface area contributed by atoms with E-state index in [4.69, 9.17) is 22.5 Å². The fraction of sp³-hybridized carbons (Fsp3) is 0.800. The molecule has 1 fully saturated rings. The van der Waals surface area contributed by atoms with Gasteiger partial charge in [0.15, 0.2) is 6.23 Å². The summed E-state index contributed by atoms with van der Waals surface area (Å²) >= 11 is 4.89. The van der Waals surface area contributed by atoms with Gasteiger partial charge in [-0.25, -0.2) is 5.53 Å². The van der Waals surface area contributed by atoms with E-state index in [1.165, 1.54) is 0 Å². The van der Waals surface area contributed by atoms with E-state index in [-0.39, 0.29) is 0 Å². The lowest BCUT2D eigenvalue weighted by Crippen LogP contribution is -2.25. The number of hydrogen-bond acceptors (Lipinski definition) is 4. The summed E-state index contributed by atoms with van der Waals surface area (Å²) in [7, 11) is 0. The predicted octanol–water partition coefficient (Wildman–Crippen LogP) is 1.52. The van der Waals surface area contributed by atoms with Gasteiger partial charge in [0.05, 0.1) is 6.61 Å². The minimum Gasteiger partial charge on any atom is -0.350 e. The van der Waals surface area contributed by atoms with Crippen molar-refractivity contribution in [2.75, 3.05) is 6.61 Å². The summed E-state index contributed by atoms with van der Waals surface area (Å²) in [6, 6.07) is 0. The molecule has 1 unspecified atom stereocenters. The first-order valence-electron chi connectivity index (χ1n) is 2.85. The number of ether oxygens (including phenoxy) is 1. The Bertz CT molecular complexity index is 137. The van der Waals surface area contributed by atoms with E-state index < -0.39 is 6.23 Å². The van der Waals surface area contributed by atoms with Crippen LogP contribution in [0, 0.1) is 5.53 Å². The maximum atomic E-state index is 6.64. The van der Waals surface area contributed by atoms with Crippen LogP contribution in [0.25, 0.3) is 0 Å². The average Bonchev–Trinajstić information content (AvgIpc) is 1.89. The summed E-state index contributed by atoms with van der Waals surface area (Å²) in [6.45, 7) is 0.688. The maximum Gasteiger partial charge on any atom is 0.200 e. The van der Waals surface area contributed by atoms with E-state index in [2.05, 4.69) is 5.11 Å². The van der Waals surface area contributed by atoms with Gasteiger partial charge in [0.2, 0.25) is 0 Å². The Morgan fingerprint density at radius 3 is 3.00 bits per heavy atom. The van der Waals surface area contributed by atoms with E-state index in [1.807, 2.05) is 0 Å². The topological polar surface area (TPSA) is 45.4 Å². The van der Waals surface area contributed by atoms with Crippen molar-refractivity contribution in [1.29, 1.82) is 5.53 Å². The van der Waals surface area contributed by atoms with E-state index in [0.717, 1.165) is 17.7 Å². The smallest absolute Gasteiger partial charge is 0.200 e. The Morgan fingerprint density at radius 1 is 1.78 bits per heavy atom. The minimum atomic E-state index is -0.422. The fourth-order valence-corrected chi connectivity index (χ4v) is 1.03. The van der Waals surface area contributed by atoms with E-state index in [9.17, 15) is 0 Å². The number of thiocarbonyl (C=S) groups is 1. The molecule has 0 spiro atoms. The van der Waals surface area contributed by atoms with Gasteiger partial charge in [0, 0.05) is 4.86 Å². The number of nitrogens with one attached hydrogen (secondary N) is 1. The van der Waals surface area contributed by atoms with Crippen LogP contribution in [0.5, 0.6) is 0 Å². The molecule has 0 amide bonds. The minimum absolute atomic E-state index is 0.422. The highest BCUT2D eigenvalue weighted by Gasteiger charge is 2.17. The van der Waals surface area contributed by atoms with Crippen molar-refractivity contribution >= 4 is 17.1 Å². The molecule has 9 heavy (non-hydrogen) atoms. The van der Waals surface area contributed by atoms with Crippen molar-refractivity contribution < 1.29 is 4.74 Å². The molecule has 1 rings (SSSR count). The molecule has 0 bridgehead atoms. The third-order valence-corrected chi connectivity index (χ3v) is 1.64. The first kappa shape index (κ1) is 6.77. The molecule has 0 aromatic rings. The predicted molar refractivity (Wildman–Crippen MR) is 36.7 cm³/mol. The molecule has 4 heteroatoms. The Kier molecular flexibility index (Phi) is 2.24. The van der Waals surface area contributed by atoms with Gasteiger partial charge in [-0.2, -0.15) is 5.11 Å². The van der Waals surface area contributed by atoms with Crippen LogP contribution in [0.3, 0.4) is 0 Å². The highest BCUT2D eigenvalue weighted by molar-refractivity contribution is 7.80. The first-order valence-corrected chi connectivity index (χ1v) is 3.26. The van der Waals surface area contributed by atoms with Crippen LogP contribution in [0.1, 0.15) is 12.8 Å². The van der Waals surface area contributed by atoms with Gasteiger partial charge in [-0.15, -0.1) is 0 Å². The Labute approximate surface area is 58.9 Å². The molecule has 50 valence electrons. The van der Waals surface area contributed by atoms with Gasteiger partial charge in [-0.3, -0.25) is 0 Å². The van der Waals surface area contributed by atoms with Crippen LogP contribution in [0.2, 0.25) is 0 Å². The summed E-state index contributed by atoms with van der Waals surface area (Å²) in [5.74, 6) is 0. The van der Waals surface area contributed by atoms with Crippen molar-refractivity contribution in [3.05, 3.63) is 0 Å². The molecule has 1 heterocycles. The van der Waals surface area contributed by atoms with Crippen LogP contribution >= 0.6 is 12.2 Å². The van der Waals surface area contributed by atoms with Gasteiger partial charge in [0.25, 0.3) is 0 Å². The van der Waals surface area contributed by atoms with E-state index >= 15 is 0 Å². The summed E-state index contributed by atoms with van der Waals surface area (Å²) in [5.41, 5.74) is 6.64. The van der Waals surface area contributed by atoms with Gasteiger partial charge < -0.3 is 4.74 Å². The Morgan fingerprint density at radius 2 is 2.56 bits per heavy atom. The largest absolute Gasteiger partial charge is 0.350 e. The lowest BCUT2D eigenvalue weighted by molar-refractivity contribution is 0.0827. The lowest BCUT2D eigenvalue weighted by Gasteiger charge is -2.17. The first-order chi connectivity index (χ1) is 4.34. The van der Waals surface area contributed by atoms with Crippen LogP contribution in [-0.2, 0) is 4.74 Å². The summed E-state index contributed by atoms with van der Waals surface area (Å²) in [6.07, 6.45) is 1.43. The fourth-order valence-electron chi connectivity index (χ4n) is 0.767. The van der Waals surface area contributed by atoms with Crippen molar-refractivity contribution in [3.8, 4) is 0 Å². The van der Waals surface area contributed by atoms with Crippen molar-refractivity contribution in [2.45, 2.75) is 19.1 Å². The second kappa shape index (κ2) is 2.98. The molecule has 1 N–H and O–H groups in total. The molecule has 0 aromatic heterocycles. The summed E-state index contributed by atoms with van der Waals surface area (Å²) < 4.78 is 5.04. The molecule has 3 nitrogen and oxygen atoms in total. The third kappa shape index (κ3) is 1.53. The molecule has 1 atom stereocenters. The second-order valence-electron chi connectivity index (χ2n) is 1.92.